The SMILES string of the molecule is CCC1COC2(CCCC2)C1. The lowest BCUT2D eigenvalue weighted by Crippen LogP contribution is -2.22. The molecule has 0 bridgehead atoms. The molecule has 1 heteroatoms. The predicted molar refractivity (Wildman–Crippen MR) is 45.5 cm³/mol. The van der Waals surface area contributed by atoms with Crippen LogP contribution in [0.2, 0.25) is 0 Å². The van der Waals surface area contributed by atoms with E-state index in [1.165, 1.54) is 38.5 Å². The maximum atomic E-state index is 5.90. The van der Waals surface area contributed by atoms with Gasteiger partial charge in [-0.1, -0.05) is 26.2 Å². The molecule has 0 amide bonds. The minimum atomic E-state index is 0.362. The lowest BCUT2D eigenvalue weighted by molar-refractivity contribution is 0.00941. The van der Waals surface area contributed by atoms with Crippen molar-refractivity contribution in [2.45, 2.75) is 51.0 Å². The Kier molecular flexibility index (Phi) is 1.92. The van der Waals surface area contributed by atoms with Gasteiger partial charge in [-0.25, -0.2) is 0 Å². The summed E-state index contributed by atoms with van der Waals surface area (Å²) in [7, 11) is 0. The summed E-state index contributed by atoms with van der Waals surface area (Å²) in [5, 5.41) is 0. The van der Waals surface area contributed by atoms with Gasteiger partial charge < -0.3 is 4.74 Å². The van der Waals surface area contributed by atoms with Gasteiger partial charge in [0.25, 0.3) is 0 Å². The molecule has 0 aromatic rings. The Labute approximate surface area is 69.1 Å². The molecule has 2 fully saturated rings. The summed E-state index contributed by atoms with van der Waals surface area (Å²) < 4.78 is 5.90. The Morgan fingerprint density at radius 3 is 2.64 bits per heavy atom. The number of rotatable bonds is 1. The van der Waals surface area contributed by atoms with E-state index in [1.54, 1.807) is 0 Å². The fourth-order valence-electron chi connectivity index (χ4n) is 2.57. The van der Waals surface area contributed by atoms with E-state index in [0.717, 1.165) is 12.5 Å². The van der Waals surface area contributed by atoms with Crippen molar-refractivity contribution < 1.29 is 4.74 Å². The van der Waals surface area contributed by atoms with Gasteiger partial charge in [-0.2, -0.15) is 0 Å². The number of hydrogen-bond donors (Lipinski definition) is 0. The quantitative estimate of drug-likeness (QED) is 0.564. The molecule has 1 aliphatic heterocycles. The third-order valence-electron chi connectivity index (χ3n) is 3.38. The molecule has 1 nitrogen and oxygen atoms in total. The fourth-order valence-corrected chi connectivity index (χ4v) is 2.57. The molecule has 1 unspecified atom stereocenters. The van der Waals surface area contributed by atoms with Crippen molar-refractivity contribution in [3.63, 3.8) is 0 Å². The van der Waals surface area contributed by atoms with Crippen molar-refractivity contribution in [2.24, 2.45) is 5.92 Å². The van der Waals surface area contributed by atoms with E-state index in [9.17, 15) is 0 Å². The molecule has 11 heavy (non-hydrogen) atoms. The summed E-state index contributed by atoms with van der Waals surface area (Å²) in [6.07, 6.45) is 8.13. The molecule has 1 saturated carbocycles. The molecule has 1 saturated heterocycles. The Balaban J connectivity index is 1.96. The van der Waals surface area contributed by atoms with Gasteiger partial charge in [-0.3, -0.25) is 0 Å². The van der Waals surface area contributed by atoms with Gasteiger partial charge in [0.15, 0.2) is 0 Å². The molecule has 1 spiro atoms. The zero-order valence-electron chi connectivity index (χ0n) is 7.44. The Morgan fingerprint density at radius 2 is 2.09 bits per heavy atom. The molecule has 2 aliphatic rings. The first-order chi connectivity index (χ1) is 5.35. The first-order valence-corrected chi connectivity index (χ1v) is 4.99. The summed E-state index contributed by atoms with van der Waals surface area (Å²) in [5.74, 6) is 0.869. The second kappa shape index (κ2) is 2.78. The summed E-state index contributed by atoms with van der Waals surface area (Å²) in [6.45, 7) is 3.32. The monoisotopic (exact) mass is 154 g/mol. The van der Waals surface area contributed by atoms with Crippen molar-refractivity contribution in [1.82, 2.24) is 0 Å². The van der Waals surface area contributed by atoms with Crippen LogP contribution in [-0.4, -0.2) is 12.2 Å². The fraction of sp³-hybridized carbons (Fsp3) is 1.00. The van der Waals surface area contributed by atoms with Crippen molar-refractivity contribution >= 4 is 0 Å². The van der Waals surface area contributed by atoms with Crippen LogP contribution >= 0.6 is 0 Å². The van der Waals surface area contributed by atoms with Gasteiger partial charge in [-0.15, -0.1) is 0 Å². The van der Waals surface area contributed by atoms with Crippen LogP contribution in [-0.2, 0) is 4.74 Å². The highest BCUT2D eigenvalue weighted by atomic mass is 16.5. The van der Waals surface area contributed by atoms with Crippen LogP contribution in [0.1, 0.15) is 45.4 Å². The molecule has 1 atom stereocenters. The van der Waals surface area contributed by atoms with Crippen LogP contribution in [0.15, 0.2) is 0 Å². The highest BCUT2D eigenvalue weighted by Gasteiger charge is 2.41. The normalized spacial score (nSPS) is 35.2. The molecule has 1 aliphatic carbocycles. The molecule has 2 rings (SSSR count). The van der Waals surface area contributed by atoms with E-state index in [0.29, 0.717) is 5.60 Å². The van der Waals surface area contributed by atoms with Gasteiger partial charge in [0.2, 0.25) is 0 Å². The molecule has 1 heterocycles. The standard InChI is InChI=1S/C10H18O/c1-2-9-7-10(11-8-9)5-3-4-6-10/h9H,2-8H2,1H3. The molecule has 0 radical (unpaired) electrons. The molecule has 64 valence electrons. The van der Waals surface area contributed by atoms with E-state index in [2.05, 4.69) is 6.92 Å². The van der Waals surface area contributed by atoms with Crippen LogP contribution in [0, 0.1) is 5.92 Å². The minimum absolute atomic E-state index is 0.362. The van der Waals surface area contributed by atoms with E-state index in [1.807, 2.05) is 0 Å². The van der Waals surface area contributed by atoms with Crippen LogP contribution in [0.25, 0.3) is 0 Å². The summed E-state index contributed by atoms with van der Waals surface area (Å²) in [5.41, 5.74) is 0.362. The Hall–Kier alpha value is -0.0400. The number of hydrogen-bond acceptors (Lipinski definition) is 1. The molecule has 0 N–H and O–H groups in total. The van der Waals surface area contributed by atoms with Crippen LogP contribution in [0.4, 0.5) is 0 Å². The lowest BCUT2D eigenvalue weighted by atomic mass is 9.91. The summed E-state index contributed by atoms with van der Waals surface area (Å²) in [4.78, 5) is 0. The zero-order chi connectivity index (χ0) is 7.73. The van der Waals surface area contributed by atoms with Gasteiger partial charge in [-0.05, 0) is 25.2 Å². The largest absolute Gasteiger partial charge is 0.375 e. The van der Waals surface area contributed by atoms with Gasteiger partial charge >= 0.3 is 0 Å². The topological polar surface area (TPSA) is 9.23 Å². The van der Waals surface area contributed by atoms with Crippen LogP contribution in [0.3, 0.4) is 0 Å². The average molecular weight is 154 g/mol. The van der Waals surface area contributed by atoms with E-state index < -0.39 is 0 Å². The zero-order valence-corrected chi connectivity index (χ0v) is 7.44. The number of ether oxygens (including phenoxy) is 1. The van der Waals surface area contributed by atoms with Gasteiger partial charge in [0.1, 0.15) is 0 Å². The first kappa shape index (κ1) is 7.60. The maximum absolute atomic E-state index is 5.90. The van der Waals surface area contributed by atoms with Gasteiger partial charge in [0.05, 0.1) is 12.2 Å². The van der Waals surface area contributed by atoms with Crippen molar-refractivity contribution in [3.05, 3.63) is 0 Å². The van der Waals surface area contributed by atoms with Crippen molar-refractivity contribution in [2.75, 3.05) is 6.61 Å². The Bertz CT molecular complexity index is 136. The van der Waals surface area contributed by atoms with E-state index in [4.69, 9.17) is 4.74 Å². The minimum Gasteiger partial charge on any atom is -0.375 e. The first-order valence-electron chi connectivity index (χ1n) is 4.99. The molecule has 0 aromatic heterocycles. The highest BCUT2D eigenvalue weighted by Crippen LogP contribution is 2.43. The van der Waals surface area contributed by atoms with Crippen LogP contribution in [0.5, 0.6) is 0 Å². The molecular weight excluding hydrogens is 136 g/mol. The van der Waals surface area contributed by atoms with E-state index in [-0.39, 0.29) is 0 Å². The second-order valence-electron chi connectivity index (χ2n) is 4.18. The highest BCUT2D eigenvalue weighted by molar-refractivity contribution is 4.92. The van der Waals surface area contributed by atoms with Gasteiger partial charge in [0, 0.05) is 0 Å². The molecular formula is C10H18O. The van der Waals surface area contributed by atoms with Crippen LogP contribution < -0.4 is 0 Å². The third-order valence-corrected chi connectivity index (χ3v) is 3.38. The van der Waals surface area contributed by atoms with Crippen molar-refractivity contribution in [3.8, 4) is 0 Å². The average Bonchev–Trinajstić information content (AvgIpc) is 2.62. The van der Waals surface area contributed by atoms with E-state index >= 15 is 0 Å². The molecule has 0 aromatic carbocycles. The summed E-state index contributed by atoms with van der Waals surface area (Å²) in [6, 6.07) is 0. The summed E-state index contributed by atoms with van der Waals surface area (Å²) >= 11 is 0. The predicted octanol–water partition coefficient (Wildman–Crippen LogP) is 2.75. The second-order valence-corrected chi connectivity index (χ2v) is 4.18. The smallest absolute Gasteiger partial charge is 0.0686 e. The Morgan fingerprint density at radius 1 is 1.36 bits per heavy atom. The lowest BCUT2D eigenvalue weighted by Gasteiger charge is -2.21. The van der Waals surface area contributed by atoms with Crippen molar-refractivity contribution in [1.29, 1.82) is 0 Å². The maximum Gasteiger partial charge on any atom is 0.0686 e. The third kappa shape index (κ3) is 1.31.